The number of halogens is 3. The first-order valence-electron chi connectivity index (χ1n) is 12.2. The summed E-state index contributed by atoms with van der Waals surface area (Å²) < 4.78 is 26.7. The third-order valence-electron chi connectivity index (χ3n) is 6.37. The molecule has 0 fully saturated rings. The summed E-state index contributed by atoms with van der Waals surface area (Å²) >= 11 is 6.34. The van der Waals surface area contributed by atoms with E-state index >= 15 is 0 Å². The van der Waals surface area contributed by atoms with Gasteiger partial charge in [-0.05, 0) is 79.1 Å². The lowest BCUT2D eigenvalue weighted by atomic mass is 10.00. The van der Waals surface area contributed by atoms with E-state index in [4.69, 9.17) is 11.6 Å². The van der Waals surface area contributed by atoms with Crippen LogP contribution in [0.2, 0.25) is 5.02 Å². The summed E-state index contributed by atoms with van der Waals surface area (Å²) in [6.45, 7) is 7.73. The lowest BCUT2D eigenvalue weighted by Gasteiger charge is -2.11. The lowest BCUT2D eigenvalue weighted by molar-refractivity contribution is 0.629. The first-order chi connectivity index (χ1) is 18.9. The van der Waals surface area contributed by atoms with Crippen molar-refractivity contribution in [3.8, 4) is 22.8 Å². The fourth-order valence-corrected chi connectivity index (χ4v) is 4.67. The minimum atomic E-state index is -0.327. The zero-order valence-electron chi connectivity index (χ0n) is 21.3. The molecule has 6 aromatic rings. The van der Waals surface area contributed by atoms with Crippen molar-refractivity contribution in [2.45, 2.75) is 13.8 Å². The Morgan fingerprint density at radius 1 is 0.692 bits per heavy atom. The highest BCUT2D eigenvalue weighted by molar-refractivity contribution is 6.36. The third kappa shape index (κ3) is 5.24. The van der Waals surface area contributed by atoms with E-state index in [0.29, 0.717) is 21.7 Å². The standard InChI is InChI=1S/C17H13FN2.C15H10ClFN2/c1-3-13-11(2)17(15-6-4-5-9-19-15)20-16-10-12(18)7-8-14(13)16;1-9-14(16)11-6-5-10(17)8-13(11)19-15(9)12-4-2-3-7-18-12/h3-10H,1H2,2H3;2-8H,1H3. The van der Waals surface area contributed by atoms with E-state index in [1.807, 2.05) is 50.2 Å². The van der Waals surface area contributed by atoms with Crippen LogP contribution in [0.3, 0.4) is 0 Å². The van der Waals surface area contributed by atoms with Crippen molar-refractivity contribution >= 4 is 39.5 Å². The van der Waals surface area contributed by atoms with Gasteiger partial charge in [-0.2, -0.15) is 0 Å². The van der Waals surface area contributed by atoms with Gasteiger partial charge < -0.3 is 0 Å². The van der Waals surface area contributed by atoms with Crippen LogP contribution in [0, 0.1) is 25.5 Å². The van der Waals surface area contributed by atoms with Gasteiger partial charge in [0.1, 0.15) is 11.6 Å². The van der Waals surface area contributed by atoms with E-state index in [1.165, 1.54) is 24.3 Å². The van der Waals surface area contributed by atoms with Crippen LogP contribution in [0.4, 0.5) is 8.78 Å². The first kappa shape index (κ1) is 26.1. The quantitative estimate of drug-likeness (QED) is 0.227. The minimum Gasteiger partial charge on any atom is -0.255 e. The molecule has 0 saturated heterocycles. The monoisotopic (exact) mass is 536 g/mol. The molecule has 0 atom stereocenters. The number of rotatable bonds is 3. The van der Waals surface area contributed by atoms with Crippen LogP contribution in [0.1, 0.15) is 16.7 Å². The molecule has 6 rings (SSSR count). The van der Waals surface area contributed by atoms with Gasteiger partial charge in [-0.15, -0.1) is 0 Å². The van der Waals surface area contributed by atoms with Gasteiger partial charge in [-0.3, -0.25) is 9.97 Å². The van der Waals surface area contributed by atoms with Crippen molar-refractivity contribution in [2.75, 3.05) is 0 Å². The predicted octanol–water partition coefficient (Wildman–Crippen LogP) is 8.79. The van der Waals surface area contributed by atoms with E-state index < -0.39 is 0 Å². The van der Waals surface area contributed by atoms with Crippen LogP contribution in [-0.2, 0) is 0 Å². The maximum Gasteiger partial charge on any atom is 0.125 e. The number of hydrogen-bond acceptors (Lipinski definition) is 4. The molecule has 192 valence electrons. The maximum absolute atomic E-state index is 13.4. The molecule has 0 unspecified atom stereocenters. The smallest absolute Gasteiger partial charge is 0.125 e. The van der Waals surface area contributed by atoms with Gasteiger partial charge in [0.25, 0.3) is 0 Å². The molecule has 0 aliphatic carbocycles. The number of hydrogen-bond donors (Lipinski definition) is 0. The van der Waals surface area contributed by atoms with Crippen LogP contribution in [-0.4, -0.2) is 19.9 Å². The summed E-state index contributed by atoms with van der Waals surface area (Å²) in [4.78, 5) is 17.6. The fourth-order valence-electron chi connectivity index (χ4n) is 4.42. The van der Waals surface area contributed by atoms with Crippen LogP contribution >= 0.6 is 11.6 Å². The number of nitrogens with zero attached hydrogens (tertiary/aromatic N) is 4. The number of fused-ring (bicyclic) bond motifs is 2. The van der Waals surface area contributed by atoms with Crippen molar-refractivity contribution in [2.24, 2.45) is 0 Å². The normalized spacial score (nSPS) is 10.8. The average molecular weight is 537 g/mol. The molecule has 39 heavy (non-hydrogen) atoms. The van der Waals surface area contributed by atoms with Gasteiger partial charge in [0.2, 0.25) is 0 Å². The molecular formula is C32H23ClF2N4. The predicted molar refractivity (Wildman–Crippen MR) is 154 cm³/mol. The molecule has 4 nitrogen and oxygen atoms in total. The lowest BCUT2D eigenvalue weighted by Crippen LogP contribution is -1.96. The van der Waals surface area contributed by atoms with Crippen molar-refractivity contribution in [1.82, 2.24) is 19.9 Å². The maximum atomic E-state index is 13.4. The Morgan fingerprint density at radius 2 is 1.21 bits per heavy atom. The second kappa shape index (κ2) is 11.1. The SMILES string of the molecule is C=Cc1c(C)c(-c2ccccn2)nc2cc(F)ccc12.Cc1c(-c2ccccn2)nc2cc(F)ccc2c1Cl. The second-order valence-corrected chi connectivity index (χ2v) is 9.23. The molecule has 0 spiro atoms. The average Bonchev–Trinajstić information content (AvgIpc) is 2.96. The molecular weight excluding hydrogens is 514 g/mol. The molecule has 7 heteroatoms. The molecule has 4 heterocycles. The summed E-state index contributed by atoms with van der Waals surface area (Å²) in [7, 11) is 0. The van der Waals surface area contributed by atoms with E-state index in [1.54, 1.807) is 30.6 Å². The van der Waals surface area contributed by atoms with Crippen molar-refractivity contribution in [3.05, 3.63) is 125 Å². The summed E-state index contributed by atoms with van der Waals surface area (Å²) in [6, 6.07) is 20.3. The van der Waals surface area contributed by atoms with E-state index in [-0.39, 0.29) is 11.6 Å². The Morgan fingerprint density at radius 3 is 1.72 bits per heavy atom. The fraction of sp³-hybridized carbons (Fsp3) is 0.0625. The molecule has 4 aromatic heterocycles. The van der Waals surface area contributed by atoms with Gasteiger partial charge in [-0.1, -0.05) is 36.4 Å². The van der Waals surface area contributed by atoms with Gasteiger partial charge in [0.05, 0.1) is 38.8 Å². The Balaban J connectivity index is 0.000000158. The minimum absolute atomic E-state index is 0.296. The van der Waals surface area contributed by atoms with Gasteiger partial charge in [-0.25, -0.2) is 18.7 Å². The zero-order valence-corrected chi connectivity index (χ0v) is 22.0. The van der Waals surface area contributed by atoms with Gasteiger partial charge in [0.15, 0.2) is 0 Å². The molecule has 0 aliphatic heterocycles. The molecule has 0 amide bonds. The largest absolute Gasteiger partial charge is 0.255 e. The van der Waals surface area contributed by atoms with Crippen LogP contribution in [0.5, 0.6) is 0 Å². The van der Waals surface area contributed by atoms with Gasteiger partial charge in [0, 0.05) is 35.3 Å². The van der Waals surface area contributed by atoms with Crippen LogP contribution in [0.25, 0.3) is 50.7 Å². The summed E-state index contributed by atoms with van der Waals surface area (Å²) in [5.74, 6) is -0.622. The van der Waals surface area contributed by atoms with Gasteiger partial charge >= 0.3 is 0 Å². The van der Waals surface area contributed by atoms with Crippen LogP contribution < -0.4 is 0 Å². The molecule has 0 radical (unpaired) electrons. The highest BCUT2D eigenvalue weighted by atomic mass is 35.5. The Kier molecular flexibility index (Phi) is 7.39. The number of aromatic nitrogens is 4. The van der Waals surface area contributed by atoms with E-state index in [0.717, 1.165) is 44.5 Å². The van der Waals surface area contributed by atoms with E-state index in [2.05, 4.69) is 26.5 Å². The van der Waals surface area contributed by atoms with Crippen molar-refractivity contribution in [1.29, 1.82) is 0 Å². The highest BCUT2D eigenvalue weighted by Gasteiger charge is 2.14. The van der Waals surface area contributed by atoms with Crippen molar-refractivity contribution < 1.29 is 8.78 Å². The molecule has 0 bridgehead atoms. The number of benzene rings is 2. The summed E-state index contributed by atoms with van der Waals surface area (Å²) in [5, 5.41) is 2.24. The molecule has 2 aromatic carbocycles. The second-order valence-electron chi connectivity index (χ2n) is 8.86. The summed E-state index contributed by atoms with van der Waals surface area (Å²) in [6.07, 6.45) is 5.20. The van der Waals surface area contributed by atoms with Crippen molar-refractivity contribution in [3.63, 3.8) is 0 Å². The Hall–Kier alpha value is -4.55. The number of pyridine rings is 4. The first-order valence-corrected chi connectivity index (χ1v) is 12.6. The Labute approximate surface area is 229 Å². The Bertz CT molecular complexity index is 1820. The van der Waals surface area contributed by atoms with E-state index in [9.17, 15) is 8.78 Å². The highest BCUT2D eigenvalue weighted by Crippen LogP contribution is 2.32. The zero-order chi connectivity index (χ0) is 27.5. The molecule has 0 N–H and O–H groups in total. The van der Waals surface area contributed by atoms with Crippen LogP contribution in [0.15, 0.2) is 91.8 Å². The topological polar surface area (TPSA) is 51.6 Å². The molecule has 0 aliphatic rings. The summed E-state index contributed by atoms with van der Waals surface area (Å²) in [5.41, 5.74) is 6.92. The molecule has 0 saturated carbocycles. The third-order valence-corrected chi connectivity index (χ3v) is 6.86.